The number of esters is 1. The van der Waals surface area contributed by atoms with Gasteiger partial charge in [-0.05, 0) is 80.4 Å². The van der Waals surface area contributed by atoms with Crippen molar-refractivity contribution in [3.05, 3.63) is 144 Å². The summed E-state index contributed by atoms with van der Waals surface area (Å²) in [7, 11) is 2.05. The summed E-state index contributed by atoms with van der Waals surface area (Å²) in [4.78, 5) is 18.2. The third-order valence-electron chi connectivity index (χ3n) is 10.1. The second kappa shape index (κ2) is 12.3. The lowest BCUT2D eigenvalue weighted by molar-refractivity contribution is 0.0224. The topological polar surface area (TPSA) is 42.0 Å². The van der Waals surface area contributed by atoms with Crippen LogP contribution in [-0.4, -0.2) is 18.6 Å². The van der Waals surface area contributed by atoms with Gasteiger partial charge in [-0.1, -0.05) is 87.7 Å². The molecule has 0 aliphatic carbocycles. The van der Waals surface area contributed by atoms with Crippen molar-refractivity contribution < 1.29 is 14.3 Å². The zero-order valence-electron chi connectivity index (χ0n) is 27.7. The van der Waals surface area contributed by atoms with Crippen molar-refractivity contribution in [1.29, 1.82) is 0 Å². The number of unbranched alkanes of at least 4 members (excludes halogenated alkanes) is 2. The van der Waals surface area contributed by atoms with Gasteiger partial charge in [-0.25, -0.2) is 4.79 Å². The molecule has 1 spiro atoms. The molecule has 47 heavy (non-hydrogen) atoms. The van der Waals surface area contributed by atoms with Gasteiger partial charge >= 0.3 is 5.97 Å². The summed E-state index contributed by atoms with van der Waals surface area (Å²) in [5.41, 5.74) is 6.02. The molecular formula is C42H42N2O3. The highest BCUT2D eigenvalue weighted by Crippen LogP contribution is 2.57. The molecule has 5 aromatic rings. The molecule has 0 saturated carbocycles. The maximum Gasteiger partial charge on any atom is 0.340 e. The van der Waals surface area contributed by atoms with Crippen molar-refractivity contribution >= 4 is 28.7 Å². The van der Waals surface area contributed by atoms with Crippen molar-refractivity contribution in [2.24, 2.45) is 0 Å². The Morgan fingerprint density at radius 1 is 0.660 bits per heavy atom. The Morgan fingerprint density at radius 3 is 2.06 bits per heavy atom. The molecule has 2 aliphatic heterocycles. The monoisotopic (exact) mass is 622 g/mol. The summed E-state index contributed by atoms with van der Waals surface area (Å²) in [5, 5.41) is 0. The van der Waals surface area contributed by atoms with Crippen molar-refractivity contribution in [2.45, 2.75) is 64.0 Å². The van der Waals surface area contributed by atoms with E-state index in [9.17, 15) is 4.79 Å². The average Bonchev–Trinajstić information content (AvgIpc) is 3.41. The minimum absolute atomic E-state index is 0.113. The van der Waals surface area contributed by atoms with Gasteiger partial charge in [-0.3, -0.25) is 0 Å². The van der Waals surface area contributed by atoms with Crippen LogP contribution in [0.15, 0.2) is 121 Å². The smallest absolute Gasteiger partial charge is 0.340 e. The van der Waals surface area contributed by atoms with Crippen molar-refractivity contribution in [3.8, 4) is 11.5 Å². The average molecular weight is 623 g/mol. The zero-order valence-corrected chi connectivity index (χ0v) is 27.7. The number of ether oxygens (including phenoxy) is 2. The van der Waals surface area contributed by atoms with Crippen molar-refractivity contribution in [2.75, 3.05) is 16.8 Å². The Bertz CT molecular complexity index is 1910. The molecule has 2 aliphatic rings. The normalized spacial score (nSPS) is 17.1. The van der Waals surface area contributed by atoms with E-state index in [0.29, 0.717) is 17.1 Å². The largest absolute Gasteiger partial charge is 0.456 e. The minimum atomic E-state index is -1.14. The second-order valence-corrected chi connectivity index (χ2v) is 13.0. The highest BCUT2D eigenvalue weighted by molar-refractivity contribution is 5.97. The van der Waals surface area contributed by atoms with Gasteiger partial charge in [0, 0.05) is 58.1 Å². The van der Waals surface area contributed by atoms with E-state index in [2.05, 4.69) is 103 Å². The number of para-hydroxylation sites is 2. The maximum atomic E-state index is 13.6. The number of hydrogen-bond acceptors (Lipinski definition) is 5. The van der Waals surface area contributed by atoms with Crippen molar-refractivity contribution in [1.82, 2.24) is 0 Å². The van der Waals surface area contributed by atoms with Crippen LogP contribution in [0.1, 0.15) is 79.9 Å². The van der Waals surface area contributed by atoms with E-state index >= 15 is 0 Å². The van der Waals surface area contributed by atoms with E-state index in [4.69, 9.17) is 9.47 Å². The molecule has 238 valence electrons. The van der Waals surface area contributed by atoms with Crippen LogP contribution >= 0.6 is 0 Å². The summed E-state index contributed by atoms with van der Waals surface area (Å²) in [6, 6.07) is 41.2. The fourth-order valence-electron chi connectivity index (χ4n) is 7.35. The van der Waals surface area contributed by atoms with Gasteiger partial charge in [-0.2, -0.15) is 0 Å². The van der Waals surface area contributed by atoms with Crippen molar-refractivity contribution in [3.63, 3.8) is 0 Å². The van der Waals surface area contributed by atoms with Gasteiger partial charge in [0.2, 0.25) is 0 Å². The first kappa shape index (κ1) is 30.6. The SMILES string of the molecule is CCCCCC(C)(CC)N(c1ccccc1)c1ccc2c(c1)Oc1ccc(N(C)c3ccccc3)cc1C21OC(=O)c2ccccc21. The van der Waals surface area contributed by atoms with E-state index in [1.54, 1.807) is 0 Å². The molecule has 5 heteroatoms. The van der Waals surface area contributed by atoms with Crippen LogP contribution < -0.4 is 14.5 Å². The molecule has 7 rings (SSSR count). The number of hydrogen-bond donors (Lipinski definition) is 0. The second-order valence-electron chi connectivity index (χ2n) is 13.0. The van der Waals surface area contributed by atoms with Gasteiger partial charge in [-0.15, -0.1) is 0 Å². The van der Waals surface area contributed by atoms with Gasteiger partial charge in [0.1, 0.15) is 11.5 Å². The molecule has 0 amide bonds. The lowest BCUT2D eigenvalue weighted by Gasteiger charge is -2.44. The maximum absolute atomic E-state index is 13.6. The number of anilines is 4. The minimum Gasteiger partial charge on any atom is -0.456 e. The van der Waals surface area contributed by atoms with E-state index < -0.39 is 5.60 Å². The molecule has 0 radical (unpaired) electrons. The third kappa shape index (κ3) is 5.14. The van der Waals surface area contributed by atoms with Gasteiger partial charge in [0.15, 0.2) is 5.60 Å². The number of rotatable bonds is 10. The van der Waals surface area contributed by atoms with Crippen LogP contribution in [0.4, 0.5) is 22.7 Å². The molecule has 0 bridgehead atoms. The summed E-state index contributed by atoms with van der Waals surface area (Å²) in [6.45, 7) is 6.90. The van der Waals surface area contributed by atoms with E-state index in [-0.39, 0.29) is 11.5 Å². The zero-order chi connectivity index (χ0) is 32.6. The third-order valence-corrected chi connectivity index (χ3v) is 10.1. The van der Waals surface area contributed by atoms with E-state index in [0.717, 1.165) is 58.7 Å². The van der Waals surface area contributed by atoms with Gasteiger partial charge in [0.05, 0.1) is 5.56 Å². The highest BCUT2D eigenvalue weighted by atomic mass is 16.6. The predicted octanol–water partition coefficient (Wildman–Crippen LogP) is 10.9. The highest BCUT2D eigenvalue weighted by Gasteiger charge is 2.53. The fraction of sp³-hybridized carbons (Fsp3) is 0.262. The standard InChI is InChI=1S/C42H42N2O3/c1-5-7-16-27-41(3,6-2)44(31-19-12-9-13-20-31)33-23-25-36-39(29-33)46-38-26-24-32(43(4)30-17-10-8-11-18-30)28-37(38)42(36)35-22-15-14-21-34(35)40(45)47-42/h8-15,17-26,28-29H,5-7,16,27H2,1-4H3. The quantitative estimate of drug-likeness (QED) is 0.114. The molecular weight excluding hydrogens is 580 g/mol. The van der Waals surface area contributed by atoms with Crippen LogP contribution in [0.5, 0.6) is 11.5 Å². The van der Waals surface area contributed by atoms with E-state index in [1.165, 1.54) is 12.8 Å². The molecule has 0 saturated heterocycles. The first-order valence-corrected chi connectivity index (χ1v) is 16.8. The number of fused-ring (bicyclic) bond motifs is 6. The Kier molecular flexibility index (Phi) is 8.01. The number of carbonyl (C=O) groups excluding carboxylic acids is 1. The van der Waals surface area contributed by atoms with Crippen LogP contribution in [0, 0.1) is 0 Å². The van der Waals surface area contributed by atoms with Crippen LogP contribution in [0.25, 0.3) is 0 Å². The van der Waals surface area contributed by atoms with Crippen LogP contribution in [0.3, 0.4) is 0 Å². The molecule has 0 fully saturated rings. The van der Waals surface area contributed by atoms with Gasteiger partial charge in [0.25, 0.3) is 0 Å². The molecule has 0 N–H and O–H groups in total. The van der Waals surface area contributed by atoms with E-state index in [1.807, 2.05) is 55.6 Å². The lowest BCUT2D eigenvalue weighted by atomic mass is 9.77. The first-order valence-electron chi connectivity index (χ1n) is 16.8. The summed E-state index contributed by atoms with van der Waals surface area (Å²) >= 11 is 0. The summed E-state index contributed by atoms with van der Waals surface area (Å²) < 4.78 is 13.3. The molecule has 5 nitrogen and oxygen atoms in total. The Balaban J connectivity index is 1.40. The fourth-order valence-corrected chi connectivity index (χ4v) is 7.35. The predicted molar refractivity (Wildman–Crippen MR) is 191 cm³/mol. The summed E-state index contributed by atoms with van der Waals surface area (Å²) in [6.07, 6.45) is 5.60. The molecule has 0 aromatic heterocycles. The molecule has 2 unspecified atom stereocenters. The van der Waals surface area contributed by atoms with Crippen LogP contribution in [-0.2, 0) is 10.3 Å². The lowest BCUT2D eigenvalue weighted by Crippen LogP contribution is -2.43. The van der Waals surface area contributed by atoms with Gasteiger partial charge < -0.3 is 19.3 Å². The number of carbonyl (C=O) groups is 1. The van der Waals surface area contributed by atoms with Crippen LogP contribution in [0.2, 0.25) is 0 Å². The Morgan fingerprint density at radius 2 is 1.34 bits per heavy atom. The Labute approximate surface area is 278 Å². The number of nitrogens with zero attached hydrogens (tertiary/aromatic N) is 2. The molecule has 5 aromatic carbocycles. The molecule has 2 heterocycles. The molecule has 2 atom stereocenters. The summed E-state index contributed by atoms with van der Waals surface area (Å²) in [5.74, 6) is 1.04. The first-order chi connectivity index (χ1) is 22.9. The number of benzene rings is 5. The Hall–Kier alpha value is -5.03.